The summed E-state index contributed by atoms with van der Waals surface area (Å²) in [5, 5.41) is 14.3. The number of nitrogens with zero attached hydrogens (tertiary/aromatic N) is 3. The lowest BCUT2D eigenvalue weighted by Crippen LogP contribution is -2.45. The molecule has 3 heterocycles. The van der Waals surface area contributed by atoms with Gasteiger partial charge in [0, 0.05) is 30.4 Å². The summed E-state index contributed by atoms with van der Waals surface area (Å²) in [6, 6.07) is 7.87. The normalized spacial score (nSPS) is 22.7. The number of anilines is 1. The molecule has 5 rings (SSSR count). The number of alkyl halides is 2. The third kappa shape index (κ3) is 4.96. The molecule has 1 aliphatic heterocycles. The van der Waals surface area contributed by atoms with Crippen LogP contribution in [-0.2, 0) is 10.4 Å². The molecular weight excluding hydrogens is 540 g/mol. The highest BCUT2D eigenvalue weighted by Gasteiger charge is 2.53. The summed E-state index contributed by atoms with van der Waals surface area (Å²) in [6.45, 7) is 0.218. The third-order valence-electron chi connectivity index (χ3n) is 7.25. The smallest absolute Gasteiger partial charge is 0.281 e. The van der Waals surface area contributed by atoms with E-state index in [1.165, 1.54) is 11.0 Å². The van der Waals surface area contributed by atoms with Crippen molar-refractivity contribution in [3.8, 4) is 0 Å². The molecular formula is C27H23ClF4N4O3. The van der Waals surface area contributed by atoms with Crippen molar-refractivity contribution in [3.05, 3.63) is 88.0 Å². The zero-order valence-electron chi connectivity index (χ0n) is 20.4. The van der Waals surface area contributed by atoms with Crippen LogP contribution in [0, 0.1) is 17.6 Å². The van der Waals surface area contributed by atoms with E-state index in [1.807, 2.05) is 0 Å². The maximum atomic E-state index is 14.6. The Morgan fingerprint density at radius 1 is 1.13 bits per heavy atom. The number of hydrogen-bond donors (Lipinski definition) is 2. The number of nitrogens with one attached hydrogen (secondary N) is 1. The van der Waals surface area contributed by atoms with E-state index in [0.717, 1.165) is 18.5 Å². The van der Waals surface area contributed by atoms with Crippen LogP contribution in [0.3, 0.4) is 0 Å². The van der Waals surface area contributed by atoms with E-state index in [9.17, 15) is 32.3 Å². The van der Waals surface area contributed by atoms with Gasteiger partial charge in [-0.05, 0) is 43.7 Å². The molecule has 7 nitrogen and oxygen atoms in total. The number of carbonyl (C=O) groups excluding carboxylic acids is 2. The summed E-state index contributed by atoms with van der Waals surface area (Å²) in [7, 11) is 0. The number of carbonyl (C=O) groups is 2. The van der Waals surface area contributed by atoms with Crippen LogP contribution >= 0.6 is 11.6 Å². The molecule has 0 spiro atoms. The first-order chi connectivity index (χ1) is 18.6. The van der Waals surface area contributed by atoms with E-state index in [-0.39, 0.29) is 34.7 Å². The number of hydrogen-bond acceptors (Lipinski definition) is 5. The van der Waals surface area contributed by atoms with Gasteiger partial charge in [0.15, 0.2) is 5.82 Å². The molecule has 3 aromatic rings. The predicted octanol–water partition coefficient (Wildman–Crippen LogP) is 4.92. The van der Waals surface area contributed by atoms with Gasteiger partial charge in [-0.3, -0.25) is 19.6 Å². The average molecular weight is 563 g/mol. The first-order valence-corrected chi connectivity index (χ1v) is 12.7. The van der Waals surface area contributed by atoms with Gasteiger partial charge >= 0.3 is 0 Å². The molecule has 0 bridgehead atoms. The van der Waals surface area contributed by atoms with Crippen LogP contribution in [0.15, 0.2) is 48.8 Å². The molecule has 1 saturated carbocycles. The summed E-state index contributed by atoms with van der Waals surface area (Å²) in [5.74, 6) is -3.57. The molecule has 2 aromatic heterocycles. The predicted molar refractivity (Wildman–Crippen MR) is 133 cm³/mol. The Kier molecular flexibility index (Phi) is 7.30. The van der Waals surface area contributed by atoms with Crippen molar-refractivity contribution in [2.45, 2.75) is 43.8 Å². The molecule has 1 fully saturated rings. The van der Waals surface area contributed by atoms with Crippen LogP contribution < -0.4 is 10.2 Å². The average Bonchev–Trinajstić information content (AvgIpc) is 3.12. The Balaban J connectivity index is 1.28. The van der Waals surface area contributed by atoms with Crippen molar-refractivity contribution < 1.29 is 32.3 Å². The van der Waals surface area contributed by atoms with Gasteiger partial charge in [0.1, 0.15) is 17.2 Å². The van der Waals surface area contributed by atoms with E-state index in [4.69, 9.17) is 11.6 Å². The van der Waals surface area contributed by atoms with Crippen molar-refractivity contribution in [1.29, 1.82) is 0 Å². The zero-order chi connectivity index (χ0) is 27.9. The standard InChI is InChI=1S/C27H23ClF4N4O3/c28-15-9-18(22(24(31)32)33-11-15)25(37)35-17-7-5-14(6-8-17)13-36-21-4-2-1-3-19(21)27(39,26(36)38)23-20(30)10-16(29)12-34-23/h1-4,9-12,14,17,24,39H,5-8,13H2,(H,35,37)/t14-,17-,27?. The summed E-state index contributed by atoms with van der Waals surface area (Å²) >= 11 is 5.85. The maximum Gasteiger partial charge on any atom is 0.281 e. The number of rotatable bonds is 6. The molecule has 2 aliphatic rings. The monoisotopic (exact) mass is 562 g/mol. The molecule has 1 aliphatic carbocycles. The molecule has 1 unspecified atom stereocenters. The second-order valence-electron chi connectivity index (χ2n) is 9.71. The van der Waals surface area contributed by atoms with Gasteiger partial charge in [-0.25, -0.2) is 17.6 Å². The number of amides is 2. The van der Waals surface area contributed by atoms with Gasteiger partial charge in [0.05, 0.1) is 22.5 Å². The highest BCUT2D eigenvalue weighted by molar-refractivity contribution is 6.30. The molecule has 39 heavy (non-hydrogen) atoms. The Hall–Kier alpha value is -3.57. The lowest BCUT2D eigenvalue weighted by Gasteiger charge is -2.32. The third-order valence-corrected chi connectivity index (χ3v) is 7.46. The molecule has 12 heteroatoms. The van der Waals surface area contributed by atoms with Gasteiger partial charge in [-0.2, -0.15) is 0 Å². The first kappa shape index (κ1) is 27.0. The molecule has 0 saturated heterocycles. The number of benzene rings is 1. The van der Waals surface area contributed by atoms with Gasteiger partial charge in [-0.15, -0.1) is 0 Å². The van der Waals surface area contributed by atoms with Gasteiger partial charge < -0.3 is 15.3 Å². The van der Waals surface area contributed by atoms with E-state index in [1.54, 1.807) is 18.2 Å². The molecule has 2 amide bonds. The van der Waals surface area contributed by atoms with E-state index in [2.05, 4.69) is 15.3 Å². The van der Waals surface area contributed by atoms with E-state index in [0.29, 0.717) is 37.4 Å². The number of halogens is 5. The zero-order valence-corrected chi connectivity index (χ0v) is 21.1. The topological polar surface area (TPSA) is 95.4 Å². The molecule has 2 N–H and O–H groups in total. The van der Waals surface area contributed by atoms with Gasteiger partial charge in [-0.1, -0.05) is 29.8 Å². The van der Waals surface area contributed by atoms with Gasteiger partial charge in [0.2, 0.25) is 5.60 Å². The summed E-state index contributed by atoms with van der Waals surface area (Å²) < 4.78 is 54.7. The lowest BCUT2D eigenvalue weighted by atomic mass is 9.85. The molecule has 1 atom stereocenters. The van der Waals surface area contributed by atoms with Gasteiger partial charge in [0.25, 0.3) is 18.2 Å². The quantitative estimate of drug-likeness (QED) is 0.416. The number of para-hydroxylation sites is 1. The maximum absolute atomic E-state index is 14.6. The Labute approximate surface area is 225 Å². The summed E-state index contributed by atoms with van der Waals surface area (Å²) in [5.41, 5.74) is -3.35. The van der Waals surface area contributed by atoms with Crippen molar-refractivity contribution >= 4 is 29.1 Å². The highest BCUT2D eigenvalue weighted by Crippen LogP contribution is 2.45. The van der Waals surface area contributed by atoms with Crippen LogP contribution in [0.1, 0.15) is 59.4 Å². The number of pyridine rings is 2. The van der Waals surface area contributed by atoms with Crippen LogP contribution in [0.5, 0.6) is 0 Å². The second kappa shape index (κ2) is 10.5. The molecule has 0 radical (unpaired) electrons. The van der Waals surface area contributed by atoms with Crippen LogP contribution in [0.25, 0.3) is 0 Å². The van der Waals surface area contributed by atoms with Crippen molar-refractivity contribution in [1.82, 2.24) is 15.3 Å². The summed E-state index contributed by atoms with van der Waals surface area (Å²) in [4.78, 5) is 34.9. The van der Waals surface area contributed by atoms with Crippen LogP contribution in [-0.4, -0.2) is 39.5 Å². The minimum absolute atomic E-state index is 0.0204. The lowest BCUT2D eigenvalue weighted by molar-refractivity contribution is -0.132. The largest absolute Gasteiger partial charge is 0.370 e. The summed E-state index contributed by atoms with van der Waals surface area (Å²) in [6.07, 6.45) is 1.10. The fraction of sp³-hybridized carbons (Fsp3) is 0.333. The Morgan fingerprint density at radius 3 is 2.54 bits per heavy atom. The van der Waals surface area contributed by atoms with Crippen molar-refractivity contribution in [2.24, 2.45) is 5.92 Å². The number of aliphatic hydroxyl groups is 1. The fourth-order valence-corrected chi connectivity index (χ4v) is 5.50. The minimum Gasteiger partial charge on any atom is -0.370 e. The van der Waals surface area contributed by atoms with E-state index >= 15 is 0 Å². The molecule has 1 aromatic carbocycles. The number of aromatic nitrogens is 2. The second-order valence-corrected chi connectivity index (χ2v) is 10.1. The fourth-order valence-electron chi connectivity index (χ4n) is 5.34. The van der Waals surface area contributed by atoms with Crippen molar-refractivity contribution in [2.75, 3.05) is 11.4 Å². The molecule has 204 valence electrons. The van der Waals surface area contributed by atoms with Crippen LogP contribution in [0.2, 0.25) is 5.02 Å². The minimum atomic E-state index is -2.93. The number of fused-ring (bicyclic) bond motifs is 1. The van der Waals surface area contributed by atoms with Crippen molar-refractivity contribution in [3.63, 3.8) is 0 Å². The SMILES string of the molecule is O=C(N[C@H]1CC[C@H](CN2C(=O)C(O)(c3ncc(F)cc3F)c3ccccc32)CC1)c1cc(Cl)cnc1C(F)F. The highest BCUT2D eigenvalue weighted by atomic mass is 35.5. The Morgan fingerprint density at radius 2 is 1.85 bits per heavy atom. The Bertz CT molecular complexity index is 1430. The van der Waals surface area contributed by atoms with Crippen LogP contribution in [0.4, 0.5) is 23.2 Å². The first-order valence-electron chi connectivity index (χ1n) is 12.3. The van der Waals surface area contributed by atoms with E-state index < -0.39 is 46.9 Å².